The highest BCUT2D eigenvalue weighted by Crippen LogP contribution is 2.31. The summed E-state index contributed by atoms with van der Waals surface area (Å²) in [7, 11) is 0. The van der Waals surface area contributed by atoms with Crippen molar-refractivity contribution in [3.8, 4) is 0 Å². The van der Waals surface area contributed by atoms with Crippen molar-refractivity contribution in [1.29, 1.82) is 0 Å². The summed E-state index contributed by atoms with van der Waals surface area (Å²) in [6, 6.07) is 0. The number of rotatable bonds is 2. The van der Waals surface area contributed by atoms with E-state index in [9.17, 15) is 4.79 Å². The Bertz CT molecular complexity index is 434. The van der Waals surface area contributed by atoms with Crippen LogP contribution in [-0.4, -0.2) is 16.5 Å². The van der Waals surface area contributed by atoms with Crippen molar-refractivity contribution in [2.45, 2.75) is 32.2 Å². The van der Waals surface area contributed by atoms with Crippen molar-refractivity contribution >= 4 is 0 Å². The molecule has 80 valence electrons. The molecule has 0 bridgehead atoms. The van der Waals surface area contributed by atoms with E-state index in [1.165, 1.54) is 12.8 Å². The number of aromatic nitrogens is 2. The average Bonchev–Trinajstić information content (AvgIpc) is 3.02. The Morgan fingerprint density at radius 1 is 1.40 bits per heavy atom. The van der Waals surface area contributed by atoms with Crippen molar-refractivity contribution < 1.29 is 0 Å². The predicted molar refractivity (Wildman–Crippen MR) is 56.7 cm³/mol. The fraction of sp³-hybridized carbons (Fsp3) is 0.636. The normalized spacial score (nSPS) is 20.0. The van der Waals surface area contributed by atoms with Crippen LogP contribution in [0.3, 0.4) is 0 Å². The maximum Gasteiger partial charge on any atom is 0.255 e. The lowest BCUT2D eigenvalue weighted by atomic mass is 10.1. The lowest BCUT2D eigenvalue weighted by Gasteiger charge is -2.15. The van der Waals surface area contributed by atoms with Gasteiger partial charge in [-0.25, -0.2) is 4.98 Å². The fourth-order valence-electron chi connectivity index (χ4n) is 2.10. The van der Waals surface area contributed by atoms with Gasteiger partial charge < -0.3 is 10.3 Å². The molecule has 1 aliphatic carbocycles. The second-order valence-electron chi connectivity index (χ2n) is 4.51. The topological polar surface area (TPSA) is 57.8 Å². The van der Waals surface area contributed by atoms with Gasteiger partial charge in [0.1, 0.15) is 5.82 Å². The van der Waals surface area contributed by atoms with E-state index in [1.807, 2.05) is 0 Å². The van der Waals surface area contributed by atoms with E-state index in [1.54, 1.807) is 0 Å². The van der Waals surface area contributed by atoms with Crippen LogP contribution in [-0.2, 0) is 19.4 Å². The molecule has 0 unspecified atom stereocenters. The van der Waals surface area contributed by atoms with Gasteiger partial charge in [0.2, 0.25) is 0 Å². The zero-order chi connectivity index (χ0) is 10.3. The second-order valence-corrected chi connectivity index (χ2v) is 4.51. The van der Waals surface area contributed by atoms with Crippen molar-refractivity contribution in [2.75, 3.05) is 6.54 Å². The van der Waals surface area contributed by atoms with Crippen LogP contribution in [0.25, 0.3) is 0 Å². The Hall–Kier alpha value is -1.16. The Labute approximate surface area is 88.1 Å². The third-order valence-electron chi connectivity index (χ3n) is 3.17. The van der Waals surface area contributed by atoms with Gasteiger partial charge in [0.25, 0.3) is 5.56 Å². The van der Waals surface area contributed by atoms with E-state index in [2.05, 4.69) is 15.3 Å². The summed E-state index contributed by atoms with van der Waals surface area (Å²) in [5.41, 5.74) is 1.90. The highest BCUT2D eigenvalue weighted by molar-refractivity contribution is 5.20. The molecule has 0 saturated heterocycles. The van der Waals surface area contributed by atoms with Crippen molar-refractivity contribution in [3.05, 3.63) is 27.4 Å². The third-order valence-corrected chi connectivity index (χ3v) is 3.17. The minimum Gasteiger partial charge on any atom is -0.312 e. The Balaban J connectivity index is 1.96. The number of hydrogen-bond acceptors (Lipinski definition) is 3. The lowest BCUT2D eigenvalue weighted by Crippen LogP contribution is -2.32. The van der Waals surface area contributed by atoms with Gasteiger partial charge in [0, 0.05) is 25.9 Å². The monoisotopic (exact) mass is 205 g/mol. The largest absolute Gasteiger partial charge is 0.312 e. The maximum atomic E-state index is 11.8. The molecule has 0 radical (unpaired) electrons. The molecule has 0 aromatic carbocycles. The standard InChI is InChI=1S/C11H15N3O/c15-11-8-6-12-4-3-9(8)13-10(14-11)5-7-1-2-7/h7,12H,1-6H2,(H,13,14,15). The molecular weight excluding hydrogens is 190 g/mol. The SMILES string of the molecule is O=c1[nH]c(CC2CC2)nc2c1CNCC2. The number of H-pyrrole nitrogens is 1. The zero-order valence-corrected chi connectivity index (χ0v) is 8.68. The van der Waals surface area contributed by atoms with Gasteiger partial charge in [-0.15, -0.1) is 0 Å². The van der Waals surface area contributed by atoms with Crippen LogP contribution in [0, 0.1) is 5.92 Å². The van der Waals surface area contributed by atoms with Crippen LogP contribution in [0.4, 0.5) is 0 Å². The molecule has 1 saturated carbocycles. The van der Waals surface area contributed by atoms with Crippen LogP contribution < -0.4 is 10.9 Å². The van der Waals surface area contributed by atoms with E-state index in [4.69, 9.17) is 0 Å². The maximum absolute atomic E-state index is 11.8. The Morgan fingerprint density at radius 3 is 3.07 bits per heavy atom. The molecule has 0 spiro atoms. The summed E-state index contributed by atoms with van der Waals surface area (Å²) in [5.74, 6) is 1.66. The minimum absolute atomic E-state index is 0.0582. The molecule has 3 rings (SSSR count). The summed E-state index contributed by atoms with van der Waals surface area (Å²) in [4.78, 5) is 19.2. The fourth-order valence-corrected chi connectivity index (χ4v) is 2.10. The van der Waals surface area contributed by atoms with Crippen molar-refractivity contribution in [3.63, 3.8) is 0 Å². The molecule has 2 N–H and O–H groups in total. The second kappa shape index (κ2) is 3.45. The van der Waals surface area contributed by atoms with E-state index in [0.717, 1.165) is 42.4 Å². The zero-order valence-electron chi connectivity index (χ0n) is 8.68. The van der Waals surface area contributed by atoms with E-state index < -0.39 is 0 Å². The first-order valence-electron chi connectivity index (χ1n) is 5.64. The number of nitrogens with one attached hydrogen (secondary N) is 2. The smallest absolute Gasteiger partial charge is 0.255 e. The van der Waals surface area contributed by atoms with E-state index >= 15 is 0 Å². The van der Waals surface area contributed by atoms with Gasteiger partial charge in [-0.05, 0) is 18.8 Å². The minimum atomic E-state index is 0.0582. The van der Waals surface area contributed by atoms with Gasteiger partial charge in [0.05, 0.1) is 11.3 Å². The molecule has 0 atom stereocenters. The molecule has 2 heterocycles. The molecular formula is C11H15N3O. The number of aromatic amines is 1. The first-order chi connectivity index (χ1) is 7.33. The van der Waals surface area contributed by atoms with Gasteiger partial charge >= 0.3 is 0 Å². The van der Waals surface area contributed by atoms with Crippen LogP contribution >= 0.6 is 0 Å². The molecule has 1 aliphatic heterocycles. The molecule has 2 aliphatic rings. The molecule has 4 nitrogen and oxygen atoms in total. The number of hydrogen-bond donors (Lipinski definition) is 2. The van der Waals surface area contributed by atoms with Gasteiger partial charge in [-0.3, -0.25) is 4.79 Å². The van der Waals surface area contributed by atoms with Gasteiger partial charge in [-0.2, -0.15) is 0 Å². The molecule has 1 aromatic heterocycles. The first kappa shape index (κ1) is 9.09. The molecule has 0 amide bonds. The summed E-state index contributed by atoms with van der Waals surface area (Å²) >= 11 is 0. The molecule has 15 heavy (non-hydrogen) atoms. The Kier molecular flexibility index (Phi) is 2.09. The van der Waals surface area contributed by atoms with Crippen molar-refractivity contribution in [1.82, 2.24) is 15.3 Å². The highest BCUT2D eigenvalue weighted by Gasteiger charge is 2.23. The van der Waals surface area contributed by atoms with E-state index in [-0.39, 0.29) is 5.56 Å². The van der Waals surface area contributed by atoms with Crippen LogP contribution in [0.1, 0.15) is 29.9 Å². The predicted octanol–water partition coefficient (Wildman–Crippen LogP) is 0.368. The quantitative estimate of drug-likeness (QED) is 0.733. The first-order valence-corrected chi connectivity index (χ1v) is 5.64. The third kappa shape index (κ3) is 1.81. The Morgan fingerprint density at radius 2 is 2.27 bits per heavy atom. The number of nitrogens with zero attached hydrogens (tertiary/aromatic N) is 1. The van der Waals surface area contributed by atoms with Crippen LogP contribution in [0.5, 0.6) is 0 Å². The average molecular weight is 205 g/mol. The summed E-state index contributed by atoms with van der Waals surface area (Å²) in [6.07, 6.45) is 4.43. The summed E-state index contributed by atoms with van der Waals surface area (Å²) < 4.78 is 0. The van der Waals surface area contributed by atoms with Crippen molar-refractivity contribution in [2.24, 2.45) is 5.92 Å². The summed E-state index contributed by atoms with van der Waals surface area (Å²) in [5, 5.41) is 3.19. The van der Waals surface area contributed by atoms with E-state index in [0.29, 0.717) is 6.54 Å². The van der Waals surface area contributed by atoms with Gasteiger partial charge in [0.15, 0.2) is 0 Å². The number of fused-ring (bicyclic) bond motifs is 1. The molecule has 4 heteroatoms. The molecule has 1 aromatic rings. The van der Waals surface area contributed by atoms with Crippen LogP contribution in [0.15, 0.2) is 4.79 Å². The highest BCUT2D eigenvalue weighted by atomic mass is 16.1. The lowest BCUT2D eigenvalue weighted by molar-refractivity contribution is 0.609. The van der Waals surface area contributed by atoms with Gasteiger partial charge in [-0.1, -0.05) is 0 Å². The van der Waals surface area contributed by atoms with Crippen LogP contribution in [0.2, 0.25) is 0 Å². The summed E-state index contributed by atoms with van der Waals surface area (Å²) in [6.45, 7) is 1.60. The molecule has 1 fully saturated rings.